The Morgan fingerprint density at radius 3 is 2.60 bits per heavy atom. The first-order valence-corrected chi connectivity index (χ1v) is 7.72. The summed E-state index contributed by atoms with van der Waals surface area (Å²) in [6.07, 6.45) is 8.18. The molecule has 1 amide bonds. The number of hydrogen-bond donors (Lipinski definition) is 2. The van der Waals surface area contributed by atoms with Gasteiger partial charge in [-0.05, 0) is 38.2 Å². The van der Waals surface area contributed by atoms with Crippen LogP contribution in [-0.4, -0.2) is 22.7 Å². The van der Waals surface area contributed by atoms with Crippen LogP contribution in [0.15, 0.2) is 0 Å². The number of rotatable bonds is 2. The van der Waals surface area contributed by atoms with E-state index in [0.717, 1.165) is 42.5 Å². The summed E-state index contributed by atoms with van der Waals surface area (Å²) in [5, 5.41) is 3.12. The molecule has 2 aliphatic rings. The Morgan fingerprint density at radius 2 is 1.90 bits per heavy atom. The van der Waals surface area contributed by atoms with Crippen molar-refractivity contribution >= 4 is 11.7 Å². The Hall–Kier alpha value is -1.58. The Morgan fingerprint density at radius 1 is 1.15 bits per heavy atom. The predicted molar refractivity (Wildman–Crippen MR) is 77.1 cm³/mol. The van der Waals surface area contributed by atoms with E-state index in [1.54, 1.807) is 0 Å². The molecule has 1 saturated carbocycles. The van der Waals surface area contributed by atoms with Crippen molar-refractivity contribution in [3.8, 4) is 0 Å². The fourth-order valence-corrected chi connectivity index (χ4v) is 3.51. The molecule has 1 fully saturated rings. The number of Topliss-reactive ketones (excluding diaryl/α,β-unsaturated/α-hetero) is 1. The molecule has 3 rings (SSSR count). The van der Waals surface area contributed by atoms with Crippen LogP contribution in [0.4, 0.5) is 0 Å². The van der Waals surface area contributed by atoms with Gasteiger partial charge in [-0.15, -0.1) is 0 Å². The summed E-state index contributed by atoms with van der Waals surface area (Å²) >= 11 is 0. The fourth-order valence-electron chi connectivity index (χ4n) is 3.51. The molecule has 2 N–H and O–H groups in total. The van der Waals surface area contributed by atoms with Gasteiger partial charge in [-0.25, -0.2) is 0 Å². The molecule has 0 bridgehead atoms. The second-order valence-electron chi connectivity index (χ2n) is 6.06. The van der Waals surface area contributed by atoms with Crippen LogP contribution in [0.5, 0.6) is 0 Å². The Kier molecular flexibility index (Phi) is 3.64. The molecule has 4 nitrogen and oxygen atoms in total. The van der Waals surface area contributed by atoms with Crippen LogP contribution in [0.3, 0.4) is 0 Å². The minimum Gasteiger partial charge on any atom is -0.354 e. The Labute approximate surface area is 119 Å². The third kappa shape index (κ3) is 2.39. The highest BCUT2D eigenvalue weighted by atomic mass is 16.2. The maximum Gasteiger partial charge on any atom is 0.268 e. The summed E-state index contributed by atoms with van der Waals surface area (Å²) < 4.78 is 0. The van der Waals surface area contributed by atoms with E-state index < -0.39 is 0 Å². The highest BCUT2D eigenvalue weighted by Crippen LogP contribution is 2.27. The second-order valence-corrected chi connectivity index (χ2v) is 6.06. The minimum atomic E-state index is -0.0448. The van der Waals surface area contributed by atoms with E-state index in [4.69, 9.17) is 0 Å². The fraction of sp³-hybridized carbons (Fsp3) is 0.625. The standard InChI is InChI=1S/C16H22N2O2/c1-10-14-12(8-5-9-13(14)19)18-15(10)16(20)17-11-6-3-2-4-7-11/h11,18H,2-9H2,1H3,(H,17,20). The van der Waals surface area contributed by atoms with Crippen LogP contribution >= 0.6 is 0 Å². The maximum atomic E-state index is 12.4. The third-order valence-electron chi connectivity index (χ3n) is 4.60. The third-order valence-corrected chi connectivity index (χ3v) is 4.60. The zero-order valence-corrected chi connectivity index (χ0v) is 12.1. The lowest BCUT2D eigenvalue weighted by molar-refractivity contribution is 0.0922. The topological polar surface area (TPSA) is 62.0 Å². The molecule has 0 aliphatic heterocycles. The molecule has 0 spiro atoms. The zero-order valence-electron chi connectivity index (χ0n) is 12.1. The van der Waals surface area contributed by atoms with Crippen molar-refractivity contribution in [2.45, 2.75) is 64.3 Å². The maximum absolute atomic E-state index is 12.4. The van der Waals surface area contributed by atoms with Crippen LogP contribution in [-0.2, 0) is 6.42 Å². The lowest BCUT2D eigenvalue weighted by Crippen LogP contribution is -2.36. The SMILES string of the molecule is Cc1c(C(=O)NC2CCCCC2)[nH]c2c1C(=O)CCC2. The number of aromatic nitrogens is 1. The number of nitrogens with one attached hydrogen (secondary N) is 2. The number of aryl methyl sites for hydroxylation is 1. The van der Waals surface area contributed by atoms with E-state index in [0.29, 0.717) is 18.2 Å². The van der Waals surface area contributed by atoms with Crippen molar-refractivity contribution in [3.05, 3.63) is 22.5 Å². The van der Waals surface area contributed by atoms with E-state index in [-0.39, 0.29) is 11.7 Å². The monoisotopic (exact) mass is 274 g/mol. The molecular weight excluding hydrogens is 252 g/mol. The molecule has 4 heteroatoms. The second kappa shape index (κ2) is 5.43. The van der Waals surface area contributed by atoms with Gasteiger partial charge in [0.25, 0.3) is 5.91 Å². The molecule has 1 heterocycles. The number of fused-ring (bicyclic) bond motifs is 1. The van der Waals surface area contributed by atoms with Crippen LogP contribution in [0.1, 0.15) is 77.0 Å². The van der Waals surface area contributed by atoms with Gasteiger partial charge in [0.2, 0.25) is 0 Å². The van der Waals surface area contributed by atoms with Crippen molar-refractivity contribution in [2.75, 3.05) is 0 Å². The van der Waals surface area contributed by atoms with Crippen LogP contribution in [0.2, 0.25) is 0 Å². The molecule has 0 saturated heterocycles. The van der Waals surface area contributed by atoms with Gasteiger partial charge < -0.3 is 10.3 Å². The molecular formula is C16H22N2O2. The molecule has 0 unspecified atom stereocenters. The molecule has 1 aromatic rings. The quantitative estimate of drug-likeness (QED) is 0.871. The number of hydrogen-bond acceptors (Lipinski definition) is 2. The first-order valence-electron chi connectivity index (χ1n) is 7.72. The van der Waals surface area contributed by atoms with Crippen molar-refractivity contribution < 1.29 is 9.59 Å². The average Bonchev–Trinajstić information content (AvgIpc) is 2.79. The Bertz CT molecular complexity index is 539. The summed E-state index contributed by atoms with van der Waals surface area (Å²) in [4.78, 5) is 27.6. The summed E-state index contributed by atoms with van der Waals surface area (Å²) in [6.45, 7) is 1.88. The van der Waals surface area contributed by atoms with Gasteiger partial charge in [0.15, 0.2) is 5.78 Å². The van der Waals surface area contributed by atoms with Crippen molar-refractivity contribution in [2.24, 2.45) is 0 Å². The highest BCUT2D eigenvalue weighted by Gasteiger charge is 2.27. The van der Waals surface area contributed by atoms with E-state index >= 15 is 0 Å². The predicted octanol–water partition coefficient (Wildman–Crippen LogP) is 2.90. The normalized spacial score (nSPS) is 19.8. The smallest absolute Gasteiger partial charge is 0.268 e. The number of carbonyl (C=O) groups excluding carboxylic acids is 2. The number of ketones is 1. The van der Waals surface area contributed by atoms with Gasteiger partial charge in [-0.2, -0.15) is 0 Å². The van der Waals surface area contributed by atoms with Gasteiger partial charge in [0.1, 0.15) is 5.69 Å². The Balaban J connectivity index is 1.79. The van der Waals surface area contributed by atoms with Gasteiger partial charge in [0, 0.05) is 23.7 Å². The molecule has 20 heavy (non-hydrogen) atoms. The molecule has 108 valence electrons. The van der Waals surface area contributed by atoms with E-state index in [2.05, 4.69) is 10.3 Å². The van der Waals surface area contributed by atoms with Gasteiger partial charge in [-0.3, -0.25) is 9.59 Å². The van der Waals surface area contributed by atoms with Crippen molar-refractivity contribution in [1.82, 2.24) is 10.3 Å². The first-order chi connectivity index (χ1) is 9.66. The first kappa shape index (κ1) is 13.4. The number of H-pyrrole nitrogens is 1. The van der Waals surface area contributed by atoms with E-state index in [9.17, 15) is 9.59 Å². The summed E-state index contributed by atoms with van der Waals surface area (Å²) in [6, 6.07) is 0.298. The number of carbonyl (C=O) groups is 2. The largest absolute Gasteiger partial charge is 0.354 e. The average molecular weight is 274 g/mol. The van der Waals surface area contributed by atoms with Crippen molar-refractivity contribution in [1.29, 1.82) is 0 Å². The van der Waals surface area contributed by atoms with E-state index in [1.165, 1.54) is 19.3 Å². The molecule has 0 radical (unpaired) electrons. The van der Waals surface area contributed by atoms with Crippen LogP contribution < -0.4 is 5.32 Å². The summed E-state index contributed by atoms with van der Waals surface area (Å²) in [5.41, 5.74) is 3.14. The van der Waals surface area contributed by atoms with Crippen molar-refractivity contribution in [3.63, 3.8) is 0 Å². The van der Waals surface area contributed by atoms with Gasteiger partial charge in [0.05, 0.1) is 0 Å². The number of amides is 1. The summed E-state index contributed by atoms with van der Waals surface area (Å²) in [5.74, 6) is 0.133. The lowest BCUT2D eigenvalue weighted by Gasteiger charge is -2.22. The zero-order chi connectivity index (χ0) is 14.1. The minimum absolute atomic E-state index is 0.0448. The van der Waals surface area contributed by atoms with E-state index in [1.807, 2.05) is 6.92 Å². The molecule has 2 aliphatic carbocycles. The highest BCUT2D eigenvalue weighted by molar-refractivity contribution is 6.04. The van der Waals surface area contributed by atoms with Gasteiger partial charge in [-0.1, -0.05) is 19.3 Å². The van der Waals surface area contributed by atoms with Gasteiger partial charge >= 0.3 is 0 Å². The lowest BCUT2D eigenvalue weighted by atomic mass is 9.93. The van der Waals surface area contributed by atoms with Crippen LogP contribution in [0.25, 0.3) is 0 Å². The molecule has 1 aromatic heterocycles. The summed E-state index contributed by atoms with van der Waals surface area (Å²) in [7, 11) is 0. The van der Waals surface area contributed by atoms with Crippen LogP contribution in [0, 0.1) is 6.92 Å². The molecule has 0 aromatic carbocycles. The number of aromatic amines is 1. The molecule has 0 atom stereocenters.